The first-order valence-electron chi connectivity index (χ1n) is 6.84. The number of esters is 1. The molecule has 6 heteroatoms. The van der Waals surface area contributed by atoms with E-state index in [1.165, 1.54) is 13.4 Å². The predicted molar refractivity (Wildman–Crippen MR) is 84.8 cm³/mol. The molecular weight excluding hydrogens is 304 g/mol. The van der Waals surface area contributed by atoms with E-state index in [4.69, 9.17) is 21.1 Å². The van der Waals surface area contributed by atoms with Crippen LogP contribution in [0.25, 0.3) is 6.08 Å². The van der Waals surface area contributed by atoms with Gasteiger partial charge in [-0.25, -0.2) is 9.48 Å². The van der Waals surface area contributed by atoms with Gasteiger partial charge in [-0.15, -0.1) is 0 Å². The molecule has 0 amide bonds. The number of carbonyl (C=O) groups excluding carboxylic acids is 1. The molecule has 0 saturated heterocycles. The standard InChI is InChI=1S/C16H17ClN2O3/c1-3-22-16(20)14-13(9-10-21-2)15(17)19(18-14)11-12-7-5-4-6-8-12/h4-10H,3,11H2,1-2H3/b10-9+. The topological polar surface area (TPSA) is 53.3 Å². The van der Waals surface area contributed by atoms with Crippen LogP contribution in [0.1, 0.15) is 28.5 Å². The van der Waals surface area contributed by atoms with Crippen LogP contribution in [0.5, 0.6) is 0 Å². The van der Waals surface area contributed by atoms with Gasteiger partial charge in [0.15, 0.2) is 5.69 Å². The van der Waals surface area contributed by atoms with Crippen LogP contribution in [0.4, 0.5) is 0 Å². The summed E-state index contributed by atoms with van der Waals surface area (Å²) in [4.78, 5) is 12.0. The second kappa shape index (κ2) is 7.66. The summed E-state index contributed by atoms with van der Waals surface area (Å²) >= 11 is 6.35. The van der Waals surface area contributed by atoms with Crippen LogP contribution in [0.2, 0.25) is 5.15 Å². The minimum absolute atomic E-state index is 0.177. The molecule has 0 aliphatic rings. The Morgan fingerprint density at radius 1 is 1.36 bits per heavy atom. The number of hydrogen-bond acceptors (Lipinski definition) is 4. The summed E-state index contributed by atoms with van der Waals surface area (Å²) in [7, 11) is 1.52. The van der Waals surface area contributed by atoms with E-state index < -0.39 is 5.97 Å². The fourth-order valence-corrected chi connectivity index (χ4v) is 2.20. The molecule has 0 aliphatic carbocycles. The molecule has 2 rings (SSSR count). The Labute approximate surface area is 134 Å². The van der Waals surface area contributed by atoms with Gasteiger partial charge in [-0.1, -0.05) is 41.9 Å². The number of ether oxygens (including phenoxy) is 2. The van der Waals surface area contributed by atoms with Crippen LogP contribution in [-0.4, -0.2) is 29.5 Å². The molecule has 1 heterocycles. The van der Waals surface area contributed by atoms with E-state index in [0.717, 1.165) is 5.56 Å². The summed E-state index contributed by atoms with van der Waals surface area (Å²) < 4.78 is 11.5. The molecule has 0 aliphatic heterocycles. The van der Waals surface area contributed by atoms with Crippen molar-refractivity contribution in [2.45, 2.75) is 13.5 Å². The number of hydrogen-bond donors (Lipinski definition) is 0. The smallest absolute Gasteiger partial charge is 0.359 e. The molecule has 1 aromatic heterocycles. The first-order chi connectivity index (χ1) is 10.7. The first kappa shape index (κ1) is 16.1. The van der Waals surface area contributed by atoms with Crippen molar-refractivity contribution in [2.75, 3.05) is 13.7 Å². The minimum atomic E-state index is -0.507. The lowest BCUT2D eigenvalue weighted by Gasteiger charge is -2.03. The van der Waals surface area contributed by atoms with Gasteiger partial charge in [-0.2, -0.15) is 5.10 Å². The highest BCUT2D eigenvalue weighted by atomic mass is 35.5. The van der Waals surface area contributed by atoms with Gasteiger partial charge in [0.25, 0.3) is 0 Å². The Morgan fingerprint density at radius 2 is 2.09 bits per heavy atom. The zero-order chi connectivity index (χ0) is 15.9. The van der Waals surface area contributed by atoms with Crippen LogP contribution < -0.4 is 0 Å². The Bertz CT molecular complexity index is 666. The summed E-state index contributed by atoms with van der Waals surface area (Å²) in [6.07, 6.45) is 3.04. The molecule has 0 saturated carbocycles. The number of benzene rings is 1. The van der Waals surface area contributed by atoms with Crippen LogP contribution >= 0.6 is 11.6 Å². The molecule has 1 aromatic carbocycles. The van der Waals surface area contributed by atoms with Crippen molar-refractivity contribution in [3.05, 3.63) is 58.6 Å². The largest absolute Gasteiger partial charge is 0.504 e. The summed E-state index contributed by atoms with van der Waals surface area (Å²) in [5.74, 6) is -0.507. The first-order valence-corrected chi connectivity index (χ1v) is 7.21. The molecule has 0 atom stereocenters. The van der Waals surface area contributed by atoms with Crippen molar-refractivity contribution in [3.8, 4) is 0 Å². The molecule has 0 unspecified atom stereocenters. The number of rotatable bonds is 6. The second-order valence-electron chi connectivity index (χ2n) is 4.46. The van der Waals surface area contributed by atoms with Crippen molar-refractivity contribution in [3.63, 3.8) is 0 Å². The van der Waals surface area contributed by atoms with E-state index in [0.29, 0.717) is 17.3 Å². The van der Waals surface area contributed by atoms with Crippen molar-refractivity contribution >= 4 is 23.6 Å². The number of methoxy groups -OCH3 is 1. The van der Waals surface area contributed by atoms with Gasteiger partial charge in [-0.3, -0.25) is 0 Å². The summed E-state index contributed by atoms with van der Waals surface area (Å²) in [6, 6.07) is 9.74. The van der Waals surface area contributed by atoms with Gasteiger partial charge in [0.1, 0.15) is 5.15 Å². The summed E-state index contributed by atoms with van der Waals surface area (Å²) in [5.41, 5.74) is 1.69. The SMILES string of the molecule is CCOC(=O)c1nn(Cc2ccccc2)c(Cl)c1/C=C/OC. The fraction of sp³-hybridized carbons (Fsp3) is 0.250. The van der Waals surface area contributed by atoms with Gasteiger partial charge < -0.3 is 9.47 Å². The highest BCUT2D eigenvalue weighted by Crippen LogP contribution is 2.23. The Morgan fingerprint density at radius 3 is 2.73 bits per heavy atom. The van der Waals surface area contributed by atoms with Gasteiger partial charge in [0.2, 0.25) is 0 Å². The number of halogens is 1. The summed E-state index contributed by atoms with van der Waals surface area (Å²) in [6.45, 7) is 2.48. The van der Waals surface area contributed by atoms with Crippen LogP contribution in [0.15, 0.2) is 36.6 Å². The third kappa shape index (κ3) is 3.68. The van der Waals surface area contributed by atoms with Crippen LogP contribution in [0, 0.1) is 0 Å². The number of nitrogens with zero attached hydrogens (tertiary/aromatic N) is 2. The van der Waals surface area contributed by atoms with Crippen molar-refractivity contribution in [2.24, 2.45) is 0 Å². The van der Waals surface area contributed by atoms with Crippen LogP contribution in [0.3, 0.4) is 0 Å². The van der Waals surface area contributed by atoms with E-state index in [2.05, 4.69) is 5.10 Å². The van der Waals surface area contributed by atoms with Gasteiger partial charge in [-0.05, 0) is 18.6 Å². The summed E-state index contributed by atoms with van der Waals surface area (Å²) in [5, 5.41) is 4.64. The molecule has 5 nitrogen and oxygen atoms in total. The van der Waals surface area contributed by atoms with Crippen molar-refractivity contribution in [1.29, 1.82) is 0 Å². The van der Waals surface area contributed by atoms with E-state index in [-0.39, 0.29) is 12.3 Å². The minimum Gasteiger partial charge on any atom is -0.504 e. The average molecular weight is 321 g/mol. The zero-order valence-corrected chi connectivity index (χ0v) is 13.2. The maximum Gasteiger partial charge on any atom is 0.359 e. The molecule has 22 heavy (non-hydrogen) atoms. The van der Waals surface area contributed by atoms with E-state index in [9.17, 15) is 4.79 Å². The van der Waals surface area contributed by atoms with E-state index in [1.807, 2.05) is 30.3 Å². The normalized spacial score (nSPS) is 10.9. The lowest BCUT2D eigenvalue weighted by Crippen LogP contribution is -2.08. The molecular formula is C16H17ClN2O3. The molecule has 0 spiro atoms. The van der Waals surface area contributed by atoms with Gasteiger partial charge in [0, 0.05) is 5.56 Å². The van der Waals surface area contributed by atoms with Crippen LogP contribution in [-0.2, 0) is 16.0 Å². The second-order valence-corrected chi connectivity index (χ2v) is 4.81. The molecule has 0 N–H and O–H groups in total. The molecule has 116 valence electrons. The van der Waals surface area contributed by atoms with Crippen molar-refractivity contribution < 1.29 is 14.3 Å². The van der Waals surface area contributed by atoms with Gasteiger partial charge >= 0.3 is 5.97 Å². The quantitative estimate of drug-likeness (QED) is 0.605. The maximum absolute atomic E-state index is 12.0. The Kier molecular flexibility index (Phi) is 5.61. The van der Waals surface area contributed by atoms with E-state index in [1.54, 1.807) is 17.7 Å². The highest BCUT2D eigenvalue weighted by Gasteiger charge is 2.21. The predicted octanol–water partition coefficient (Wildman–Crippen LogP) is 3.38. The van der Waals surface area contributed by atoms with Gasteiger partial charge in [0.05, 0.1) is 26.5 Å². The molecule has 0 fully saturated rings. The number of carbonyl (C=O) groups is 1. The zero-order valence-electron chi connectivity index (χ0n) is 12.5. The maximum atomic E-state index is 12.0. The molecule has 2 aromatic rings. The molecule has 0 bridgehead atoms. The lowest BCUT2D eigenvalue weighted by atomic mass is 10.2. The fourth-order valence-electron chi connectivity index (χ4n) is 1.95. The van der Waals surface area contributed by atoms with Crippen molar-refractivity contribution in [1.82, 2.24) is 9.78 Å². The average Bonchev–Trinajstić information content (AvgIpc) is 2.83. The Balaban J connectivity index is 2.38. The monoisotopic (exact) mass is 320 g/mol. The highest BCUT2D eigenvalue weighted by molar-refractivity contribution is 6.31. The Hall–Kier alpha value is -2.27. The number of aromatic nitrogens is 2. The molecule has 0 radical (unpaired) electrons. The van der Waals surface area contributed by atoms with E-state index >= 15 is 0 Å². The third-order valence-electron chi connectivity index (χ3n) is 2.94. The third-order valence-corrected chi connectivity index (χ3v) is 3.34. The lowest BCUT2D eigenvalue weighted by molar-refractivity contribution is 0.0518.